The molecule has 0 radical (unpaired) electrons. The fourth-order valence-electron chi connectivity index (χ4n) is 4.72. The number of fused-ring (bicyclic) bond motifs is 1. The molecule has 5 rings (SSSR count). The van der Waals surface area contributed by atoms with Gasteiger partial charge in [0.2, 0.25) is 5.82 Å². The number of aromatic nitrogens is 6. The van der Waals surface area contributed by atoms with Crippen molar-refractivity contribution in [2.24, 2.45) is 0 Å². The third-order valence-corrected chi connectivity index (χ3v) is 6.27. The summed E-state index contributed by atoms with van der Waals surface area (Å²) in [7, 11) is 0. The van der Waals surface area contributed by atoms with Crippen LogP contribution in [0.3, 0.4) is 0 Å². The van der Waals surface area contributed by atoms with Gasteiger partial charge in [-0.3, -0.25) is 0 Å². The Hall–Kier alpha value is -4.07. The fourth-order valence-corrected chi connectivity index (χ4v) is 4.72. The SMILES string of the molecule is CCc1nc2c(n1Cc1ccc(-c3ccccc3-c3nn[nH]n3)cc1)/C(=C/C(=O)O)CCCC2. The van der Waals surface area contributed by atoms with Gasteiger partial charge in [0.15, 0.2) is 0 Å². The zero-order chi connectivity index (χ0) is 23.5. The number of carbonyl (C=O) groups is 1. The lowest BCUT2D eigenvalue weighted by atomic mass is 9.98. The molecule has 0 saturated carbocycles. The maximum absolute atomic E-state index is 11.5. The molecule has 8 heteroatoms. The van der Waals surface area contributed by atoms with Crippen molar-refractivity contribution in [2.75, 3.05) is 0 Å². The van der Waals surface area contributed by atoms with E-state index in [-0.39, 0.29) is 0 Å². The molecule has 1 aliphatic rings. The second kappa shape index (κ2) is 9.43. The summed E-state index contributed by atoms with van der Waals surface area (Å²) in [6.45, 7) is 2.74. The lowest BCUT2D eigenvalue weighted by Gasteiger charge is -2.14. The third-order valence-electron chi connectivity index (χ3n) is 6.27. The number of allylic oxidation sites excluding steroid dienone is 1. The van der Waals surface area contributed by atoms with Crippen molar-refractivity contribution in [3.05, 3.63) is 77.4 Å². The first-order chi connectivity index (χ1) is 16.6. The average Bonchev–Trinajstić information content (AvgIpc) is 3.45. The first-order valence-electron chi connectivity index (χ1n) is 11.6. The number of imidazole rings is 1. The maximum Gasteiger partial charge on any atom is 0.328 e. The number of aromatic amines is 1. The van der Waals surface area contributed by atoms with Crippen LogP contribution in [0.25, 0.3) is 28.1 Å². The number of aryl methyl sites for hydroxylation is 2. The maximum atomic E-state index is 11.5. The first kappa shape index (κ1) is 21.8. The van der Waals surface area contributed by atoms with Crippen molar-refractivity contribution < 1.29 is 9.90 Å². The molecule has 0 spiro atoms. The second-order valence-corrected chi connectivity index (χ2v) is 8.46. The number of aliphatic carboxylic acids is 1. The number of nitrogens with one attached hydrogen (secondary N) is 1. The molecule has 2 aromatic carbocycles. The van der Waals surface area contributed by atoms with Crippen molar-refractivity contribution in [3.8, 4) is 22.5 Å². The summed E-state index contributed by atoms with van der Waals surface area (Å²) in [5, 5.41) is 23.9. The quantitative estimate of drug-likeness (QED) is 0.327. The lowest BCUT2D eigenvalue weighted by Crippen LogP contribution is -2.09. The van der Waals surface area contributed by atoms with E-state index in [1.54, 1.807) is 0 Å². The standard InChI is InChI=1S/C26H26N6O2/c1-2-23-27-22-10-6-3-7-19(15-24(33)34)25(22)32(23)16-17-11-13-18(14-12-17)20-8-4-5-9-21(20)26-28-30-31-29-26/h4-5,8-9,11-15H,2-3,6-7,10,16H2,1H3,(H,33,34)(H,28,29,30,31)/b19-15+. The van der Waals surface area contributed by atoms with Crippen LogP contribution in [0.4, 0.5) is 0 Å². The number of rotatable bonds is 6. The number of H-pyrrole nitrogens is 1. The highest BCUT2D eigenvalue weighted by Gasteiger charge is 2.22. The third kappa shape index (κ3) is 4.26. The fraction of sp³-hybridized carbons (Fsp3) is 0.269. The predicted molar refractivity (Wildman–Crippen MR) is 129 cm³/mol. The summed E-state index contributed by atoms with van der Waals surface area (Å²) in [5.74, 6) is 0.652. The molecular weight excluding hydrogens is 428 g/mol. The lowest BCUT2D eigenvalue weighted by molar-refractivity contribution is -0.131. The van der Waals surface area contributed by atoms with Crippen LogP contribution in [0.5, 0.6) is 0 Å². The summed E-state index contributed by atoms with van der Waals surface area (Å²) in [5.41, 5.74) is 7.03. The minimum atomic E-state index is -0.904. The van der Waals surface area contributed by atoms with Gasteiger partial charge in [-0.25, -0.2) is 9.78 Å². The Kier molecular flexibility index (Phi) is 6.03. The molecule has 0 bridgehead atoms. The molecule has 0 atom stereocenters. The van der Waals surface area contributed by atoms with E-state index in [4.69, 9.17) is 4.98 Å². The number of benzene rings is 2. The molecule has 0 fully saturated rings. The van der Waals surface area contributed by atoms with Gasteiger partial charge in [-0.15, -0.1) is 10.2 Å². The Balaban J connectivity index is 1.49. The van der Waals surface area contributed by atoms with Gasteiger partial charge in [-0.2, -0.15) is 5.21 Å². The number of hydrogen-bond donors (Lipinski definition) is 2. The first-order valence-corrected chi connectivity index (χ1v) is 11.6. The second-order valence-electron chi connectivity index (χ2n) is 8.46. The Morgan fingerprint density at radius 3 is 2.56 bits per heavy atom. The van der Waals surface area contributed by atoms with E-state index in [2.05, 4.69) is 62.4 Å². The summed E-state index contributed by atoms with van der Waals surface area (Å²) in [4.78, 5) is 16.4. The largest absolute Gasteiger partial charge is 0.478 e. The van der Waals surface area contributed by atoms with Gasteiger partial charge in [0.05, 0.1) is 11.4 Å². The monoisotopic (exact) mass is 454 g/mol. The molecule has 2 heterocycles. The van der Waals surface area contributed by atoms with Crippen LogP contribution < -0.4 is 0 Å². The predicted octanol–water partition coefficient (Wildman–Crippen LogP) is 4.54. The topological polar surface area (TPSA) is 110 Å². The van der Waals surface area contributed by atoms with Gasteiger partial charge in [0, 0.05) is 24.6 Å². The molecule has 34 heavy (non-hydrogen) atoms. The summed E-state index contributed by atoms with van der Waals surface area (Å²) in [6, 6.07) is 16.4. The van der Waals surface area contributed by atoms with Crippen LogP contribution in [-0.2, 0) is 24.2 Å². The molecule has 0 aliphatic heterocycles. The van der Waals surface area contributed by atoms with E-state index in [1.165, 1.54) is 6.08 Å². The minimum Gasteiger partial charge on any atom is -0.478 e. The summed E-state index contributed by atoms with van der Waals surface area (Å²) < 4.78 is 2.21. The van der Waals surface area contributed by atoms with Gasteiger partial charge in [0.1, 0.15) is 5.82 Å². The van der Waals surface area contributed by atoms with Crippen LogP contribution in [0, 0.1) is 0 Å². The van der Waals surface area contributed by atoms with Crippen molar-refractivity contribution in [2.45, 2.75) is 45.6 Å². The highest BCUT2D eigenvalue weighted by atomic mass is 16.4. The van der Waals surface area contributed by atoms with Crippen LogP contribution >= 0.6 is 0 Å². The molecule has 4 aromatic rings. The number of carboxylic acid groups (broad SMARTS) is 1. The van der Waals surface area contributed by atoms with Gasteiger partial charge in [-0.05, 0) is 53.2 Å². The van der Waals surface area contributed by atoms with E-state index in [0.717, 1.165) is 77.1 Å². The van der Waals surface area contributed by atoms with Crippen molar-refractivity contribution in [3.63, 3.8) is 0 Å². The molecule has 0 saturated heterocycles. The Labute approximate surface area is 197 Å². The average molecular weight is 455 g/mol. The number of carboxylic acids is 1. The minimum absolute atomic E-state index is 0.561. The Bertz CT molecular complexity index is 1340. The van der Waals surface area contributed by atoms with E-state index in [0.29, 0.717) is 12.4 Å². The van der Waals surface area contributed by atoms with Crippen molar-refractivity contribution in [1.82, 2.24) is 30.2 Å². The zero-order valence-corrected chi connectivity index (χ0v) is 19.0. The molecule has 172 valence electrons. The molecule has 8 nitrogen and oxygen atoms in total. The smallest absolute Gasteiger partial charge is 0.328 e. The number of nitrogens with zero attached hydrogens (tertiary/aromatic N) is 5. The molecule has 0 amide bonds. The Morgan fingerprint density at radius 1 is 1.09 bits per heavy atom. The van der Waals surface area contributed by atoms with Gasteiger partial charge in [0.25, 0.3) is 0 Å². The van der Waals surface area contributed by atoms with Crippen molar-refractivity contribution in [1.29, 1.82) is 0 Å². The van der Waals surface area contributed by atoms with Gasteiger partial charge < -0.3 is 9.67 Å². The van der Waals surface area contributed by atoms with Crippen LogP contribution in [-0.4, -0.2) is 41.3 Å². The molecule has 2 aromatic heterocycles. The van der Waals surface area contributed by atoms with Crippen LogP contribution in [0.1, 0.15) is 49.0 Å². The van der Waals surface area contributed by atoms with Gasteiger partial charge in [-0.1, -0.05) is 55.5 Å². The summed E-state index contributed by atoms with van der Waals surface area (Å²) >= 11 is 0. The highest BCUT2D eigenvalue weighted by Crippen LogP contribution is 2.33. The highest BCUT2D eigenvalue weighted by molar-refractivity contribution is 5.90. The van der Waals surface area contributed by atoms with Gasteiger partial charge >= 0.3 is 5.97 Å². The molecule has 1 aliphatic carbocycles. The van der Waals surface area contributed by atoms with Crippen LogP contribution in [0.15, 0.2) is 54.6 Å². The normalized spacial score (nSPS) is 14.7. The zero-order valence-electron chi connectivity index (χ0n) is 19.0. The molecular formula is C26H26N6O2. The van der Waals surface area contributed by atoms with E-state index in [9.17, 15) is 9.90 Å². The van der Waals surface area contributed by atoms with E-state index < -0.39 is 5.97 Å². The van der Waals surface area contributed by atoms with E-state index >= 15 is 0 Å². The Morgan fingerprint density at radius 2 is 1.85 bits per heavy atom. The number of hydrogen-bond acceptors (Lipinski definition) is 5. The molecule has 0 unspecified atom stereocenters. The van der Waals surface area contributed by atoms with Crippen LogP contribution in [0.2, 0.25) is 0 Å². The van der Waals surface area contributed by atoms with E-state index in [1.807, 2.05) is 18.2 Å². The summed E-state index contributed by atoms with van der Waals surface area (Å²) in [6.07, 6.45) is 5.81. The molecule has 2 N–H and O–H groups in total. The van der Waals surface area contributed by atoms with Crippen molar-refractivity contribution >= 4 is 11.5 Å². The number of tetrazole rings is 1.